The molecule has 0 unspecified atom stereocenters. The lowest BCUT2D eigenvalue weighted by atomic mass is 9.91. The summed E-state index contributed by atoms with van der Waals surface area (Å²) >= 11 is 0. The van der Waals surface area contributed by atoms with Crippen LogP contribution in [0.15, 0.2) is 12.1 Å². The van der Waals surface area contributed by atoms with Crippen LogP contribution in [0.4, 0.5) is 5.82 Å². The second-order valence-corrected chi connectivity index (χ2v) is 5.57. The Labute approximate surface area is 115 Å². The molecule has 19 heavy (non-hydrogen) atoms. The molecule has 1 heterocycles. The first-order valence-corrected chi connectivity index (χ1v) is 6.99. The molecule has 1 aromatic heterocycles. The van der Waals surface area contributed by atoms with E-state index in [0.29, 0.717) is 12.0 Å². The van der Waals surface area contributed by atoms with Crippen LogP contribution < -0.4 is 5.32 Å². The number of anilines is 1. The van der Waals surface area contributed by atoms with Crippen LogP contribution in [0.5, 0.6) is 0 Å². The number of rotatable bonds is 4. The molecule has 0 saturated heterocycles. The fourth-order valence-electron chi connectivity index (χ4n) is 2.24. The maximum Gasteiger partial charge on any atom is 0.254 e. The fourth-order valence-corrected chi connectivity index (χ4v) is 2.24. The third kappa shape index (κ3) is 2.88. The van der Waals surface area contributed by atoms with E-state index < -0.39 is 0 Å². The van der Waals surface area contributed by atoms with Crippen molar-refractivity contribution in [3.63, 3.8) is 0 Å². The lowest BCUT2D eigenvalue weighted by Gasteiger charge is -2.34. The van der Waals surface area contributed by atoms with Gasteiger partial charge in [-0.25, -0.2) is 4.98 Å². The van der Waals surface area contributed by atoms with Gasteiger partial charge in [0.05, 0.1) is 0 Å². The molecule has 104 valence electrons. The van der Waals surface area contributed by atoms with Crippen molar-refractivity contribution in [2.75, 3.05) is 19.4 Å². The van der Waals surface area contributed by atoms with Crippen LogP contribution in [0.25, 0.3) is 0 Å². The number of pyridine rings is 1. The zero-order valence-corrected chi connectivity index (χ0v) is 12.2. The Morgan fingerprint density at radius 2 is 2.11 bits per heavy atom. The summed E-state index contributed by atoms with van der Waals surface area (Å²) in [4.78, 5) is 18.9. The average Bonchev–Trinajstić information content (AvgIpc) is 2.35. The van der Waals surface area contributed by atoms with Crippen molar-refractivity contribution in [2.24, 2.45) is 0 Å². The monoisotopic (exact) mass is 261 g/mol. The summed E-state index contributed by atoms with van der Waals surface area (Å²) in [5, 5.41) is 3.03. The molecule has 0 atom stereocenters. The molecular weight excluding hydrogens is 238 g/mol. The lowest BCUT2D eigenvalue weighted by molar-refractivity contribution is 0.0652. The van der Waals surface area contributed by atoms with Crippen LogP contribution >= 0.6 is 0 Å². The van der Waals surface area contributed by atoms with Gasteiger partial charge in [0.25, 0.3) is 5.91 Å². The number of nitrogens with zero attached hydrogens (tertiary/aromatic N) is 2. The molecule has 1 aromatic rings. The first-order chi connectivity index (χ1) is 9.02. The van der Waals surface area contributed by atoms with E-state index in [1.807, 2.05) is 31.1 Å². The van der Waals surface area contributed by atoms with Gasteiger partial charge in [-0.05, 0) is 37.3 Å². The van der Waals surface area contributed by atoms with Gasteiger partial charge in [-0.2, -0.15) is 0 Å². The Morgan fingerprint density at radius 3 is 2.58 bits per heavy atom. The minimum Gasteiger partial charge on any atom is -0.373 e. The van der Waals surface area contributed by atoms with E-state index in [-0.39, 0.29) is 5.91 Å². The van der Waals surface area contributed by atoms with E-state index in [1.54, 1.807) is 0 Å². The third-order valence-corrected chi connectivity index (χ3v) is 3.88. The molecule has 1 aliphatic carbocycles. The zero-order valence-electron chi connectivity index (χ0n) is 12.2. The number of hydrogen-bond donors (Lipinski definition) is 1. The standard InChI is InChI=1S/C15H23N3O/c1-10(2)13-8-11(9-14(16-3)17-13)15(19)18(4)12-6-5-7-12/h8-10,12H,5-7H2,1-4H3,(H,16,17). The first-order valence-electron chi connectivity index (χ1n) is 6.99. The molecule has 1 saturated carbocycles. The fraction of sp³-hybridized carbons (Fsp3) is 0.600. The highest BCUT2D eigenvalue weighted by Crippen LogP contribution is 2.26. The van der Waals surface area contributed by atoms with Crippen molar-refractivity contribution in [2.45, 2.75) is 45.1 Å². The number of amides is 1. The van der Waals surface area contributed by atoms with Gasteiger partial charge in [-0.3, -0.25) is 4.79 Å². The summed E-state index contributed by atoms with van der Waals surface area (Å²) in [5.74, 6) is 1.18. The highest BCUT2D eigenvalue weighted by Gasteiger charge is 2.26. The van der Waals surface area contributed by atoms with Crippen LogP contribution in [0.1, 0.15) is 55.1 Å². The molecule has 4 heteroatoms. The molecule has 2 rings (SSSR count). The molecule has 0 bridgehead atoms. The molecule has 1 N–H and O–H groups in total. The van der Waals surface area contributed by atoms with Crippen molar-refractivity contribution in [3.05, 3.63) is 23.4 Å². The third-order valence-electron chi connectivity index (χ3n) is 3.88. The van der Waals surface area contributed by atoms with Crippen LogP contribution in [0, 0.1) is 0 Å². The topological polar surface area (TPSA) is 45.2 Å². The van der Waals surface area contributed by atoms with Crippen LogP contribution in [-0.4, -0.2) is 35.9 Å². The van der Waals surface area contributed by atoms with E-state index in [9.17, 15) is 4.79 Å². The molecule has 0 aromatic carbocycles. The van der Waals surface area contributed by atoms with Gasteiger partial charge in [0, 0.05) is 31.4 Å². The minimum atomic E-state index is 0.102. The normalized spacial score (nSPS) is 15.2. The molecule has 0 spiro atoms. The van der Waals surface area contributed by atoms with Crippen molar-refractivity contribution >= 4 is 11.7 Å². The minimum absolute atomic E-state index is 0.102. The summed E-state index contributed by atoms with van der Waals surface area (Å²) in [6.45, 7) is 4.18. The average molecular weight is 261 g/mol. The summed E-state index contributed by atoms with van der Waals surface area (Å²) in [6.07, 6.45) is 3.49. The highest BCUT2D eigenvalue weighted by atomic mass is 16.2. The van der Waals surface area contributed by atoms with E-state index in [0.717, 1.165) is 29.9 Å². The predicted octanol–water partition coefficient (Wildman–Crippen LogP) is 2.87. The number of aromatic nitrogens is 1. The van der Waals surface area contributed by atoms with Gasteiger partial charge in [0.2, 0.25) is 0 Å². The number of carbonyl (C=O) groups excluding carboxylic acids is 1. The number of hydrogen-bond acceptors (Lipinski definition) is 3. The molecule has 4 nitrogen and oxygen atoms in total. The van der Waals surface area contributed by atoms with Crippen LogP contribution in [0.2, 0.25) is 0 Å². The molecule has 1 aliphatic rings. The smallest absolute Gasteiger partial charge is 0.254 e. The Bertz CT molecular complexity index is 466. The Balaban J connectivity index is 2.26. The molecule has 1 fully saturated rings. The summed E-state index contributed by atoms with van der Waals surface area (Å²) in [6, 6.07) is 4.17. The van der Waals surface area contributed by atoms with Crippen LogP contribution in [0.3, 0.4) is 0 Å². The van der Waals surface area contributed by atoms with Gasteiger partial charge in [-0.1, -0.05) is 13.8 Å². The lowest BCUT2D eigenvalue weighted by Crippen LogP contribution is -2.41. The van der Waals surface area contributed by atoms with Gasteiger partial charge in [-0.15, -0.1) is 0 Å². The van der Waals surface area contributed by atoms with Crippen molar-refractivity contribution in [1.82, 2.24) is 9.88 Å². The largest absolute Gasteiger partial charge is 0.373 e. The second-order valence-electron chi connectivity index (χ2n) is 5.57. The highest BCUT2D eigenvalue weighted by molar-refractivity contribution is 5.95. The summed E-state index contributed by atoms with van der Waals surface area (Å²) in [7, 11) is 3.73. The van der Waals surface area contributed by atoms with Crippen molar-refractivity contribution < 1.29 is 4.79 Å². The quantitative estimate of drug-likeness (QED) is 0.906. The Hall–Kier alpha value is -1.58. The Morgan fingerprint density at radius 1 is 1.42 bits per heavy atom. The number of nitrogens with one attached hydrogen (secondary N) is 1. The summed E-state index contributed by atoms with van der Waals surface area (Å²) < 4.78 is 0. The molecular formula is C15H23N3O. The van der Waals surface area contributed by atoms with Crippen molar-refractivity contribution in [1.29, 1.82) is 0 Å². The molecule has 0 radical (unpaired) electrons. The Kier molecular flexibility index (Phi) is 4.08. The van der Waals surface area contributed by atoms with Gasteiger partial charge in [0.1, 0.15) is 5.82 Å². The van der Waals surface area contributed by atoms with Crippen molar-refractivity contribution in [3.8, 4) is 0 Å². The SMILES string of the molecule is CNc1cc(C(=O)N(C)C2CCC2)cc(C(C)C)n1. The predicted molar refractivity (Wildman–Crippen MR) is 77.6 cm³/mol. The first kappa shape index (κ1) is 13.8. The van der Waals surface area contributed by atoms with E-state index >= 15 is 0 Å². The second kappa shape index (κ2) is 5.59. The maximum atomic E-state index is 12.5. The van der Waals surface area contributed by atoms with Gasteiger partial charge >= 0.3 is 0 Å². The molecule has 0 aliphatic heterocycles. The van der Waals surface area contributed by atoms with E-state index in [1.165, 1.54) is 6.42 Å². The van der Waals surface area contributed by atoms with Gasteiger partial charge in [0.15, 0.2) is 0 Å². The maximum absolute atomic E-state index is 12.5. The molecule has 1 amide bonds. The van der Waals surface area contributed by atoms with E-state index in [4.69, 9.17) is 0 Å². The van der Waals surface area contributed by atoms with Crippen LogP contribution in [-0.2, 0) is 0 Å². The van der Waals surface area contributed by atoms with Gasteiger partial charge < -0.3 is 10.2 Å². The zero-order chi connectivity index (χ0) is 14.0. The summed E-state index contributed by atoms with van der Waals surface area (Å²) in [5.41, 5.74) is 1.69. The van der Waals surface area contributed by atoms with E-state index in [2.05, 4.69) is 24.1 Å². The number of carbonyl (C=O) groups is 1.